The van der Waals surface area contributed by atoms with E-state index in [1.165, 1.54) is 12.3 Å². The van der Waals surface area contributed by atoms with Gasteiger partial charge in [-0.15, -0.1) is 0 Å². The monoisotopic (exact) mass is 290 g/mol. The molecule has 0 aliphatic heterocycles. The molecule has 0 bridgehead atoms. The van der Waals surface area contributed by atoms with Crippen molar-refractivity contribution < 1.29 is 9.18 Å². The summed E-state index contributed by atoms with van der Waals surface area (Å²) in [5.41, 5.74) is 2.03. The highest BCUT2D eigenvalue weighted by Gasteiger charge is 2.14. The van der Waals surface area contributed by atoms with E-state index in [0.717, 1.165) is 0 Å². The molecule has 0 fully saturated rings. The van der Waals surface area contributed by atoms with Gasteiger partial charge in [0.2, 0.25) is 0 Å². The fraction of sp³-hybridized carbons (Fsp3) is 0.333. The van der Waals surface area contributed by atoms with E-state index in [1.54, 1.807) is 19.1 Å². The molecule has 1 amide bonds. The fourth-order valence-electron chi connectivity index (χ4n) is 1.93. The number of rotatable bonds is 4. The van der Waals surface area contributed by atoms with Gasteiger partial charge < -0.3 is 10.2 Å². The zero-order valence-corrected chi connectivity index (χ0v) is 12.6. The van der Waals surface area contributed by atoms with E-state index >= 15 is 0 Å². The van der Waals surface area contributed by atoms with E-state index in [-0.39, 0.29) is 17.8 Å². The SMILES string of the molecule is Cc1[nH]ncc1C(=O)Nc1ccc(N(C)C(C)C)c(F)c1. The minimum atomic E-state index is -0.368. The van der Waals surface area contributed by atoms with E-state index in [0.29, 0.717) is 22.6 Å². The van der Waals surface area contributed by atoms with Crippen molar-refractivity contribution in [2.45, 2.75) is 26.8 Å². The molecule has 0 aliphatic carbocycles. The number of hydrogen-bond donors (Lipinski definition) is 2. The van der Waals surface area contributed by atoms with Crippen LogP contribution in [-0.2, 0) is 0 Å². The van der Waals surface area contributed by atoms with Crippen molar-refractivity contribution in [3.63, 3.8) is 0 Å². The molecule has 6 heteroatoms. The second kappa shape index (κ2) is 5.95. The Bertz CT molecular complexity index is 651. The summed E-state index contributed by atoms with van der Waals surface area (Å²) in [6, 6.07) is 4.85. The van der Waals surface area contributed by atoms with E-state index < -0.39 is 0 Å². The summed E-state index contributed by atoms with van der Waals surface area (Å²) < 4.78 is 14.1. The number of carbonyl (C=O) groups excluding carboxylic acids is 1. The summed E-state index contributed by atoms with van der Waals surface area (Å²) in [6.07, 6.45) is 1.45. The third-order valence-electron chi connectivity index (χ3n) is 3.43. The Hall–Kier alpha value is -2.37. The van der Waals surface area contributed by atoms with Crippen LogP contribution in [0.5, 0.6) is 0 Å². The number of hydrogen-bond acceptors (Lipinski definition) is 3. The number of nitrogens with one attached hydrogen (secondary N) is 2. The van der Waals surface area contributed by atoms with Crippen molar-refractivity contribution in [2.24, 2.45) is 0 Å². The lowest BCUT2D eigenvalue weighted by Gasteiger charge is -2.24. The summed E-state index contributed by atoms with van der Waals surface area (Å²) in [7, 11) is 1.83. The van der Waals surface area contributed by atoms with E-state index in [9.17, 15) is 9.18 Å². The summed E-state index contributed by atoms with van der Waals surface area (Å²) in [5.74, 6) is -0.682. The van der Waals surface area contributed by atoms with Crippen molar-refractivity contribution in [1.82, 2.24) is 10.2 Å². The minimum Gasteiger partial charge on any atom is -0.370 e. The van der Waals surface area contributed by atoms with Gasteiger partial charge in [-0.25, -0.2) is 4.39 Å². The molecule has 21 heavy (non-hydrogen) atoms. The molecule has 0 atom stereocenters. The van der Waals surface area contributed by atoms with Crippen molar-refractivity contribution in [3.05, 3.63) is 41.5 Å². The molecule has 0 saturated heterocycles. The number of aryl methyl sites for hydroxylation is 1. The van der Waals surface area contributed by atoms with Gasteiger partial charge in [-0.3, -0.25) is 9.89 Å². The van der Waals surface area contributed by atoms with E-state index in [1.807, 2.05) is 25.8 Å². The molecule has 2 aromatic rings. The van der Waals surface area contributed by atoms with E-state index in [2.05, 4.69) is 15.5 Å². The van der Waals surface area contributed by atoms with Crippen molar-refractivity contribution in [1.29, 1.82) is 0 Å². The zero-order valence-electron chi connectivity index (χ0n) is 12.6. The van der Waals surface area contributed by atoms with Gasteiger partial charge in [0.1, 0.15) is 5.82 Å². The summed E-state index contributed by atoms with van der Waals surface area (Å²) >= 11 is 0. The Kier molecular flexibility index (Phi) is 4.26. The fourth-order valence-corrected chi connectivity index (χ4v) is 1.93. The molecule has 2 rings (SSSR count). The minimum absolute atomic E-state index is 0.188. The average Bonchev–Trinajstić information content (AvgIpc) is 2.84. The Morgan fingerprint density at radius 3 is 2.67 bits per heavy atom. The second-order valence-corrected chi connectivity index (χ2v) is 5.23. The molecule has 1 aromatic heterocycles. The lowest BCUT2D eigenvalue weighted by molar-refractivity contribution is 0.102. The predicted octanol–water partition coefficient (Wildman–Crippen LogP) is 2.95. The molecule has 1 aromatic carbocycles. The molecular formula is C15H19FN4O. The van der Waals surface area contributed by atoms with Crippen molar-refractivity contribution in [2.75, 3.05) is 17.3 Å². The van der Waals surface area contributed by atoms with Crippen molar-refractivity contribution in [3.8, 4) is 0 Å². The number of anilines is 2. The topological polar surface area (TPSA) is 61.0 Å². The molecule has 5 nitrogen and oxygen atoms in total. The zero-order chi connectivity index (χ0) is 15.6. The number of H-pyrrole nitrogens is 1. The standard InChI is InChI=1S/C15H19FN4O/c1-9(2)20(4)14-6-5-11(7-13(14)16)18-15(21)12-8-17-19-10(12)3/h5-9H,1-4H3,(H,17,19)(H,18,21). The Labute approximate surface area is 123 Å². The van der Waals surface area contributed by atoms with Gasteiger partial charge in [0.15, 0.2) is 0 Å². The third-order valence-corrected chi connectivity index (χ3v) is 3.43. The largest absolute Gasteiger partial charge is 0.370 e. The predicted molar refractivity (Wildman–Crippen MR) is 81.2 cm³/mol. The summed E-state index contributed by atoms with van der Waals surface area (Å²) in [6.45, 7) is 5.72. The maximum absolute atomic E-state index is 14.1. The molecule has 0 saturated carbocycles. The first-order chi connectivity index (χ1) is 9.90. The quantitative estimate of drug-likeness (QED) is 0.910. The Morgan fingerprint density at radius 1 is 1.43 bits per heavy atom. The number of benzene rings is 1. The van der Waals surface area contributed by atoms with Crippen LogP contribution in [0.4, 0.5) is 15.8 Å². The van der Waals surface area contributed by atoms with Gasteiger partial charge in [-0.1, -0.05) is 0 Å². The normalized spacial score (nSPS) is 10.8. The van der Waals surface area contributed by atoms with Crippen LogP contribution in [0.1, 0.15) is 29.9 Å². The van der Waals surface area contributed by atoms with Crippen LogP contribution >= 0.6 is 0 Å². The number of aromatic nitrogens is 2. The first-order valence-corrected chi connectivity index (χ1v) is 6.74. The van der Waals surface area contributed by atoms with Crippen LogP contribution in [0.3, 0.4) is 0 Å². The van der Waals surface area contributed by atoms with Gasteiger partial charge >= 0.3 is 0 Å². The smallest absolute Gasteiger partial charge is 0.259 e. The van der Waals surface area contributed by atoms with Crippen LogP contribution in [0, 0.1) is 12.7 Å². The lowest BCUT2D eigenvalue weighted by atomic mass is 10.2. The van der Waals surface area contributed by atoms with Gasteiger partial charge in [0.05, 0.1) is 17.4 Å². The lowest BCUT2D eigenvalue weighted by Crippen LogP contribution is -2.26. The summed E-state index contributed by atoms with van der Waals surface area (Å²) in [5, 5.41) is 9.15. The maximum Gasteiger partial charge on any atom is 0.259 e. The van der Waals surface area contributed by atoms with Crippen LogP contribution in [0.25, 0.3) is 0 Å². The molecule has 0 aliphatic rings. The second-order valence-electron chi connectivity index (χ2n) is 5.23. The molecule has 0 unspecified atom stereocenters. The highest BCUT2D eigenvalue weighted by atomic mass is 19.1. The molecule has 1 heterocycles. The van der Waals surface area contributed by atoms with Gasteiger partial charge in [0.25, 0.3) is 5.91 Å². The van der Waals surface area contributed by atoms with Gasteiger partial charge in [-0.05, 0) is 39.0 Å². The molecular weight excluding hydrogens is 271 g/mol. The Balaban J connectivity index is 2.18. The molecule has 0 spiro atoms. The van der Waals surface area contributed by atoms with E-state index in [4.69, 9.17) is 0 Å². The maximum atomic E-state index is 14.1. The summed E-state index contributed by atoms with van der Waals surface area (Å²) in [4.78, 5) is 13.9. The highest BCUT2D eigenvalue weighted by Crippen LogP contribution is 2.23. The molecule has 0 radical (unpaired) electrons. The number of amides is 1. The first kappa shape index (κ1) is 15.0. The number of halogens is 1. The Morgan fingerprint density at radius 2 is 2.14 bits per heavy atom. The first-order valence-electron chi connectivity index (χ1n) is 6.74. The number of carbonyl (C=O) groups is 1. The van der Waals surface area contributed by atoms with Crippen LogP contribution in [-0.4, -0.2) is 29.2 Å². The van der Waals surface area contributed by atoms with Crippen LogP contribution in [0.2, 0.25) is 0 Å². The highest BCUT2D eigenvalue weighted by molar-refractivity contribution is 6.04. The van der Waals surface area contributed by atoms with Gasteiger partial charge in [0, 0.05) is 24.5 Å². The molecule has 2 N–H and O–H groups in total. The van der Waals surface area contributed by atoms with Crippen LogP contribution in [0.15, 0.2) is 24.4 Å². The van der Waals surface area contributed by atoms with Crippen LogP contribution < -0.4 is 10.2 Å². The number of aromatic amines is 1. The number of nitrogens with zero attached hydrogens (tertiary/aromatic N) is 2. The third kappa shape index (κ3) is 3.21. The van der Waals surface area contributed by atoms with Crippen molar-refractivity contribution >= 4 is 17.3 Å². The van der Waals surface area contributed by atoms with Gasteiger partial charge in [-0.2, -0.15) is 5.10 Å². The molecule has 112 valence electrons. The average molecular weight is 290 g/mol.